The van der Waals surface area contributed by atoms with Gasteiger partial charge in [-0.3, -0.25) is 14.6 Å². The Morgan fingerprint density at radius 3 is 2.51 bits per heavy atom. The molecule has 0 aliphatic carbocycles. The Morgan fingerprint density at radius 1 is 1.04 bits per heavy atom. The molecule has 45 heavy (non-hydrogen) atoms. The maximum Gasteiger partial charge on any atom is 0.323 e. The van der Waals surface area contributed by atoms with Gasteiger partial charge >= 0.3 is 12.0 Å². The van der Waals surface area contributed by atoms with E-state index in [1.54, 1.807) is 54.9 Å². The Labute approximate surface area is 263 Å². The number of ether oxygens (including phenoxy) is 1. The lowest BCUT2D eigenvalue weighted by Crippen LogP contribution is -2.33. The molecule has 3 aromatic rings. The summed E-state index contributed by atoms with van der Waals surface area (Å²) >= 11 is 0. The third-order valence-corrected chi connectivity index (χ3v) is 8.06. The molecule has 0 bridgehead atoms. The molecule has 0 fully saturated rings. The molecule has 0 spiro atoms. The largest absolute Gasteiger partial charge is 0.481 e. The smallest absolute Gasteiger partial charge is 0.323 e. The highest BCUT2D eigenvalue weighted by atomic mass is 19.1. The van der Waals surface area contributed by atoms with Crippen molar-refractivity contribution in [3.63, 3.8) is 0 Å². The van der Waals surface area contributed by atoms with Crippen molar-refractivity contribution in [2.45, 2.75) is 71.8 Å². The van der Waals surface area contributed by atoms with Crippen molar-refractivity contribution >= 4 is 29.2 Å². The minimum absolute atomic E-state index is 0.0654. The van der Waals surface area contributed by atoms with Gasteiger partial charge in [-0.15, -0.1) is 0 Å². The van der Waals surface area contributed by atoms with Crippen LogP contribution in [0, 0.1) is 24.6 Å². The molecule has 3 atom stereocenters. The molecule has 1 aliphatic heterocycles. The predicted octanol–water partition coefficient (Wildman–Crippen LogP) is 7.93. The minimum atomic E-state index is -0.795. The quantitative estimate of drug-likeness (QED) is 0.145. The van der Waals surface area contributed by atoms with E-state index in [0.29, 0.717) is 42.0 Å². The fourth-order valence-electron chi connectivity index (χ4n) is 5.53. The zero-order chi connectivity index (χ0) is 32.6. The summed E-state index contributed by atoms with van der Waals surface area (Å²) in [6.45, 7) is 7.75. The van der Waals surface area contributed by atoms with Crippen LogP contribution in [-0.4, -0.2) is 27.9 Å². The van der Waals surface area contributed by atoms with Crippen LogP contribution in [0.25, 0.3) is 0 Å². The molecule has 4 N–H and O–H groups in total. The number of urea groups is 1. The van der Waals surface area contributed by atoms with Gasteiger partial charge in [-0.05, 0) is 80.6 Å². The van der Waals surface area contributed by atoms with Crippen LogP contribution in [0.2, 0.25) is 0 Å². The molecule has 0 saturated heterocycles. The molecule has 9 nitrogen and oxygen atoms in total. The average Bonchev–Trinajstić information content (AvgIpc) is 3.41. The number of nitrogens with one attached hydrogen (secondary N) is 3. The first kappa shape index (κ1) is 33.2. The van der Waals surface area contributed by atoms with Gasteiger partial charge in [0.25, 0.3) is 0 Å². The molecule has 2 amide bonds. The molecule has 0 saturated carbocycles. The van der Waals surface area contributed by atoms with E-state index in [9.17, 15) is 23.9 Å². The number of carboxylic acids is 1. The third-order valence-electron chi connectivity index (χ3n) is 8.06. The number of aryl methyl sites for hydroxylation is 1. The van der Waals surface area contributed by atoms with E-state index in [1.165, 1.54) is 6.07 Å². The maximum absolute atomic E-state index is 14.0. The predicted molar refractivity (Wildman–Crippen MR) is 172 cm³/mol. The van der Waals surface area contributed by atoms with Crippen LogP contribution in [0.4, 0.5) is 20.6 Å². The lowest BCUT2D eigenvalue weighted by Gasteiger charge is -2.25. The fourth-order valence-corrected chi connectivity index (χ4v) is 5.53. The molecule has 2 aromatic carbocycles. The number of anilines is 2. The molecule has 238 valence electrons. The summed E-state index contributed by atoms with van der Waals surface area (Å²) in [5, 5.41) is 17.7. The Balaban J connectivity index is 1.32. The molecular formula is C35H41FN4O5. The van der Waals surface area contributed by atoms with Crippen molar-refractivity contribution in [2.75, 3.05) is 10.6 Å². The van der Waals surface area contributed by atoms with Crippen molar-refractivity contribution in [1.29, 1.82) is 0 Å². The Kier molecular flexibility index (Phi) is 10.9. The Morgan fingerprint density at radius 2 is 1.80 bits per heavy atom. The zero-order valence-electron chi connectivity index (χ0n) is 26.2. The van der Waals surface area contributed by atoms with E-state index < -0.39 is 23.4 Å². The number of aromatic nitrogens is 1. The highest BCUT2D eigenvalue weighted by Crippen LogP contribution is 2.36. The van der Waals surface area contributed by atoms with Gasteiger partial charge < -0.3 is 25.8 Å². The summed E-state index contributed by atoms with van der Waals surface area (Å²) in [5.74, 6) is -0.270. The second-order valence-electron chi connectivity index (χ2n) is 12.0. The van der Waals surface area contributed by atoms with E-state index in [4.69, 9.17) is 4.74 Å². The van der Waals surface area contributed by atoms with Gasteiger partial charge in [0.15, 0.2) is 5.78 Å². The van der Waals surface area contributed by atoms with E-state index in [-0.39, 0.29) is 29.7 Å². The van der Waals surface area contributed by atoms with Crippen molar-refractivity contribution < 1.29 is 28.6 Å². The molecule has 2 heterocycles. The summed E-state index contributed by atoms with van der Waals surface area (Å²) in [7, 11) is 0. The number of hydrogen-bond acceptors (Lipinski definition) is 6. The van der Waals surface area contributed by atoms with E-state index in [0.717, 1.165) is 24.1 Å². The number of ketones is 1. The number of Topliss-reactive ketones (excluding diaryl/α,β-unsaturated/α-hetero) is 1. The second-order valence-corrected chi connectivity index (χ2v) is 12.0. The van der Waals surface area contributed by atoms with Gasteiger partial charge in [-0.25, -0.2) is 9.18 Å². The van der Waals surface area contributed by atoms with Crippen LogP contribution < -0.4 is 20.7 Å². The van der Waals surface area contributed by atoms with Gasteiger partial charge in [-0.2, -0.15) is 0 Å². The number of nitrogens with zero attached hydrogens (tertiary/aromatic N) is 1. The fraction of sp³-hybridized carbons (Fsp3) is 0.371. The van der Waals surface area contributed by atoms with Crippen LogP contribution in [0.3, 0.4) is 0 Å². The first-order chi connectivity index (χ1) is 21.5. The number of carbonyl (C=O) groups is 3. The monoisotopic (exact) mass is 616 g/mol. The van der Waals surface area contributed by atoms with Crippen LogP contribution >= 0.6 is 0 Å². The van der Waals surface area contributed by atoms with Gasteiger partial charge in [0.1, 0.15) is 17.3 Å². The number of aliphatic carboxylic acids is 1. The summed E-state index contributed by atoms with van der Waals surface area (Å²) < 4.78 is 20.0. The van der Waals surface area contributed by atoms with E-state index >= 15 is 0 Å². The topological polar surface area (TPSA) is 130 Å². The summed E-state index contributed by atoms with van der Waals surface area (Å²) in [6, 6.07) is 14.3. The average molecular weight is 617 g/mol. The summed E-state index contributed by atoms with van der Waals surface area (Å²) in [6.07, 6.45) is 7.15. The van der Waals surface area contributed by atoms with Crippen molar-refractivity contribution in [3.05, 3.63) is 89.6 Å². The maximum atomic E-state index is 14.0. The highest BCUT2D eigenvalue weighted by molar-refractivity contribution is 6.00. The van der Waals surface area contributed by atoms with Crippen molar-refractivity contribution in [1.82, 2.24) is 10.3 Å². The lowest BCUT2D eigenvalue weighted by atomic mass is 9.85. The number of carboxylic acid groups (broad SMARTS) is 1. The lowest BCUT2D eigenvalue weighted by molar-refractivity contribution is -0.138. The second kappa shape index (κ2) is 14.8. The zero-order valence-corrected chi connectivity index (χ0v) is 26.2. The van der Waals surface area contributed by atoms with Gasteiger partial charge in [0.2, 0.25) is 0 Å². The molecule has 10 heteroatoms. The SMILES string of the molecule is CCCC(CCC(C)C(=O)C1=CNC(C)(c2cc(Oc3ccc(NC(=O)Nc4cc(C)ccc4F)cc3)ccn2)C1)CC(=O)O. The number of hydrogen-bond donors (Lipinski definition) is 4. The van der Waals surface area contributed by atoms with Gasteiger partial charge in [-0.1, -0.05) is 32.8 Å². The molecular weight excluding hydrogens is 575 g/mol. The Hall–Kier alpha value is -4.73. The number of pyridine rings is 1. The normalized spacial score (nSPS) is 17.0. The highest BCUT2D eigenvalue weighted by Gasteiger charge is 2.36. The van der Waals surface area contributed by atoms with E-state index in [1.807, 2.05) is 33.8 Å². The van der Waals surface area contributed by atoms with E-state index in [2.05, 4.69) is 20.9 Å². The van der Waals surface area contributed by atoms with Crippen LogP contribution in [0.15, 0.2) is 72.6 Å². The first-order valence-corrected chi connectivity index (χ1v) is 15.3. The number of amides is 2. The number of benzene rings is 2. The number of carbonyl (C=O) groups excluding carboxylic acids is 2. The molecule has 3 unspecified atom stereocenters. The van der Waals surface area contributed by atoms with Crippen LogP contribution in [-0.2, 0) is 15.1 Å². The molecule has 1 aromatic heterocycles. The third kappa shape index (κ3) is 9.14. The minimum Gasteiger partial charge on any atom is -0.481 e. The number of rotatable bonds is 14. The van der Waals surface area contributed by atoms with Gasteiger partial charge in [0.05, 0.1) is 16.9 Å². The molecule has 0 radical (unpaired) electrons. The molecule has 4 rings (SSSR count). The molecule has 1 aliphatic rings. The standard InChI is InChI=1S/C35H41FN4O5/c1-5-6-24(18-32(41)42)9-8-23(3)33(43)25-20-35(4,38-21-25)31-19-28(15-16-37-31)45-27-12-10-26(11-13-27)39-34(44)40-30-17-22(2)7-14-29(30)36/h7,10-17,19,21,23-24,38H,5-6,8-9,18,20H2,1-4H3,(H,41,42)(H2,39,40,44). The van der Waals surface area contributed by atoms with Gasteiger partial charge in [0, 0.05) is 48.5 Å². The first-order valence-electron chi connectivity index (χ1n) is 15.3. The summed E-state index contributed by atoms with van der Waals surface area (Å²) in [5.41, 5.74) is 2.24. The summed E-state index contributed by atoms with van der Waals surface area (Å²) in [4.78, 5) is 41.4. The Bertz CT molecular complexity index is 1560. The van der Waals surface area contributed by atoms with Crippen molar-refractivity contribution in [3.8, 4) is 11.5 Å². The number of halogens is 1. The van der Waals surface area contributed by atoms with Crippen LogP contribution in [0.5, 0.6) is 11.5 Å². The van der Waals surface area contributed by atoms with Crippen molar-refractivity contribution in [2.24, 2.45) is 11.8 Å². The van der Waals surface area contributed by atoms with Crippen LogP contribution in [0.1, 0.15) is 70.6 Å².